The van der Waals surface area contributed by atoms with Gasteiger partial charge in [-0.15, -0.1) is 10.2 Å². The van der Waals surface area contributed by atoms with Crippen LogP contribution in [0.1, 0.15) is 0 Å². The number of carbonyl (C=O) groups is 1. The number of carbonyl (C=O) groups excluding carboxylic acids is 1. The van der Waals surface area contributed by atoms with Gasteiger partial charge in [-0.3, -0.25) is 4.79 Å². The number of nitrogens with zero attached hydrogens (tertiary/aromatic N) is 3. The number of fused-ring (bicyclic) bond motifs is 1. The van der Waals surface area contributed by atoms with Gasteiger partial charge in [-0.05, 0) is 30.3 Å². The maximum atomic E-state index is 12.2. The van der Waals surface area contributed by atoms with Gasteiger partial charge in [0.15, 0.2) is 5.13 Å². The van der Waals surface area contributed by atoms with E-state index in [2.05, 4.69) is 36.4 Å². The normalized spacial score (nSPS) is 11.0. The number of amides is 1. The standard InChI is InChI=1S/C17H10BrClN4O2S2/c18-9-5-6-12-13(7-9)27-16(20-12)21-14(24)8-26-17-23-22-15(25-17)10-3-1-2-4-11(10)19/h1-7H,8H2,(H,20,21,24). The molecule has 4 rings (SSSR count). The van der Waals surface area contributed by atoms with E-state index >= 15 is 0 Å². The minimum absolute atomic E-state index is 0.129. The smallest absolute Gasteiger partial charge is 0.277 e. The van der Waals surface area contributed by atoms with Gasteiger partial charge in [0.05, 0.1) is 26.6 Å². The first-order valence-corrected chi connectivity index (χ1v) is 10.6. The van der Waals surface area contributed by atoms with Crippen LogP contribution in [-0.2, 0) is 4.79 Å². The Kier molecular flexibility index (Phi) is 5.44. The van der Waals surface area contributed by atoms with Gasteiger partial charge in [0.2, 0.25) is 11.8 Å². The molecule has 0 atom stereocenters. The van der Waals surface area contributed by atoms with E-state index in [1.807, 2.05) is 30.3 Å². The Labute approximate surface area is 175 Å². The summed E-state index contributed by atoms with van der Waals surface area (Å²) in [4.78, 5) is 16.6. The Morgan fingerprint density at radius 1 is 1.26 bits per heavy atom. The molecular formula is C17H10BrClN4O2S2. The van der Waals surface area contributed by atoms with Crippen LogP contribution < -0.4 is 5.32 Å². The first-order chi connectivity index (χ1) is 13.1. The highest BCUT2D eigenvalue weighted by atomic mass is 79.9. The molecule has 2 heterocycles. The lowest BCUT2D eigenvalue weighted by molar-refractivity contribution is -0.113. The molecule has 10 heteroatoms. The van der Waals surface area contributed by atoms with Crippen LogP contribution in [0.15, 0.2) is 56.6 Å². The van der Waals surface area contributed by atoms with E-state index in [1.54, 1.807) is 12.1 Å². The van der Waals surface area contributed by atoms with Crippen LogP contribution >= 0.6 is 50.6 Å². The van der Waals surface area contributed by atoms with Gasteiger partial charge in [-0.25, -0.2) is 4.98 Å². The molecular weight excluding hydrogens is 472 g/mol. The van der Waals surface area contributed by atoms with Crippen molar-refractivity contribution in [2.75, 3.05) is 11.1 Å². The van der Waals surface area contributed by atoms with Crippen molar-refractivity contribution in [3.05, 3.63) is 52.0 Å². The van der Waals surface area contributed by atoms with E-state index in [4.69, 9.17) is 16.0 Å². The van der Waals surface area contributed by atoms with Crippen molar-refractivity contribution in [3.8, 4) is 11.5 Å². The molecule has 1 N–H and O–H groups in total. The molecule has 0 aliphatic carbocycles. The molecule has 6 nitrogen and oxygen atoms in total. The number of thioether (sulfide) groups is 1. The number of benzene rings is 2. The van der Waals surface area contributed by atoms with Crippen LogP contribution in [-0.4, -0.2) is 26.8 Å². The fourth-order valence-electron chi connectivity index (χ4n) is 2.25. The number of aromatic nitrogens is 3. The van der Waals surface area contributed by atoms with Gasteiger partial charge in [0.1, 0.15) is 0 Å². The van der Waals surface area contributed by atoms with Crippen molar-refractivity contribution in [2.24, 2.45) is 0 Å². The van der Waals surface area contributed by atoms with Gasteiger partial charge in [-0.1, -0.05) is 62.8 Å². The molecule has 0 spiro atoms. The Morgan fingerprint density at radius 2 is 2.11 bits per heavy atom. The molecule has 0 unspecified atom stereocenters. The molecule has 2 aromatic carbocycles. The topological polar surface area (TPSA) is 80.9 Å². The highest BCUT2D eigenvalue weighted by Gasteiger charge is 2.14. The first kappa shape index (κ1) is 18.4. The van der Waals surface area contributed by atoms with Crippen LogP contribution in [0.5, 0.6) is 0 Å². The minimum Gasteiger partial charge on any atom is -0.411 e. The maximum Gasteiger partial charge on any atom is 0.277 e. The monoisotopic (exact) mass is 480 g/mol. The fourth-order valence-corrected chi connectivity index (χ4v) is 4.46. The van der Waals surface area contributed by atoms with Crippen LogP contribution in [0.4, 0.5) is 5.13 Å². The Morgan fingerprint density at radius 3 is 2.96 bits per heavy atom. The third kappa shape index (κ3) is 4.32. The third-order valence-electron chi connectivity index (χ3n) is 3.43. The molecule has 136 valence electrons. The molecule has 0 saturated heterocycles. The lowest BCUT2D eigenvalue weighted by Gasteiger charge is -1.99. The summed E-state index contributed by atoms with van der Waals surface area (Å²) in [6.45, 7) is 0. The number of halogens is 2. The van der Waals surface area contributed by atoms with Gasteiger partial charge in [-0.2, -0.15) is 0 Å². The summed E-state index contributed by atoms with van der Waals surface area (Å²) >= 11 is 12.1. The van der Waals surface area contributed by atoms with Crippen molar-refractivity contribution in [1.29, 1.82) is 0 Å². The van der Waals surface area contributed by atoms with Gasteiger partial charge in [0, 0.05) is 4.47 Å². The largest absolute Gasteiger partial charge is 0.411 e. The van der Waals surface area contributed by atoms with Crippen LogP contribution in [0.2, 0.25) is 5.02 Å². The molecule has 1 amide bonds. The molecule has 0 fully saturated rings. The number of hydrogen-bond acceptors (Lipinski definition) is 7. The Balaban J connectivity index is 1.38. The quantitative estimate of drug-likeness (QED) is 0.379. The predicted octanol–water partition coefficient (Wildman–Crippen LogP) is 5.49. The van der Waals surface area contributed by atoms with E-state index in [0.717, 1.165) is 26.5 Å². The van der Waals surface area contributed by atoms with Crippen molar-refractivity contribution in [2.45, 2.75) is 5.22 Å². The summed E-state index contributed by atoms with van der Waals surface area (Å²) in [5.74, 6) is 0.250. The van der Waals surface area contributed by atoms with Gasteiger partial charge in [0.25, 0.3) is 5.22 Å². The molecule has 0 aliphatic rings. The van der Waals surface area contributed by atoms with Crippen LogP contribution in [0, 0.1) is 0 Å². The van der Waals surface area contributed by atoms with Crippen LogP contribution in [0.3, 0.4) is 0 Å². The molecule has 4 aromatic rings. The average molecular weight is 482 g/mol. The zero-order chi connectivity index (χ0) is 18.8. The average Bonchev–Trinajstić information content (AvgIpc) is 3.26. The van der Waals surface area contributed by atoms with E-state index in [9.17, 15) is 4.79 Å². The zero-order valence-electron chi connectivity index (χ0n) is 13.5. The summed E-state index contributed by atoms with van der Waals surface area (Å²) in [6.07, 6.45) is 0. The SMILES string of the molecule is O=C(CSc1nnc(-c2ccccc2Cl)o1)Nc1nc2ccc(Br)cc2s1. The number of hydrogen-bond donors (Lipinski definition) is 1. The second kappa shape index (κ2) is 7.97. The lowest BCUT2D eigenvalue weighted by atomic mass is 10.2. The van der Waals surface area contributed by atoms with Crippen molar-refractivity contribution >= 4 is 71.9 Å². The number of nitrogens with one attached hydrogen (secondary N) is 1. The highest BCUT2D eigenvalue weighted by molar-refractivity contribution is 9.10. The summed E-state index contributed by atoms with van der Waals surface area (Å²) in [5.41, 5.74) is 1.50. The molecule has 2 aromatic heterocycles. The predicted molar refractivity (Wildman–Crippen MR) is 111 cm³/mol. The second-order valence-electron chi connectivity index (χ2n) is 5.32. The van der Waals surface area contributed by atoms with Crippen molar-refractivity contribution in [1.82, 2.24) is 15.2 Å². The summed E-state index contributed by atoms with van der Waals surface area (Å²) in [7, 11) is 0. The van der Waals surface area contributed by atoms with Crippen molar-refractivity contribution < 1.29 is 9.21 Å². The van der Waals surface area contributed by atoms with Crippen LogP contribution in [0.25, 0.3) is 21.7 Å². The Bertz CT molecular complexity index is 1130. The molecule has 0 saturated carbocycles. The Hall–Kier alpha value is -1.94. The summed E-state index contributed by atoms with van der Waals surface area (Å²) < 4.78 is 7.53. The maximum absolute atomic E-state index is 12.2. The number of anilines is 1. The van der Waals surface area contributed by atoms with Gasteiger partial charge < -0.3 is 9.73 Å². The molecule has 0 aliphatic heterocycles. The highest BCUT2D eigenvalue weighted by Crippen LogP contribution is 2.30. The fraction of sp³-hybridized carbons (Fsp3) is 0.0588. The number of thiazole rings is 1. The number of rotatable bonds is 5. The zero-order valence-corrected chi connectivity index (χ0v) is 17.5. The van der Waals surface area contributed by atoms with E-state index in [1.165, 1.54) is 11.3 Å². The molecule has 0 bridgehead atoms. The van der Waals surface area contributed by atoms with E-state index in [0.29, 0.717) is 26.8 Å². The second-order valence-corrected chi connectivity index (χ2v) is 8.60. The molecule has 0 radical (unpaired) electrons. The van der Waals surface area contributed by atoms with E-state index < -0.39 is 0 Å². The van der Waals surface area contributed by atoms with Gasteiger partial charge >= 0.3 is 0 Å². The molecule has 27 heavy (non-hydrogen) atoms. The minimum atomic E-state index is -0.199. The lowest BCUT2D eigenvalue weighted by Crippen LogP contribution is -2.13. The summed E-state index contributed by atoms with van der Waals surface area (Å²) in [6, 6.07) is 13.0. The first-order valence-electron chi connectivity index (χ1n) is 7.65. The third-order valence-corrected chi connectivity index (χ3v) is 6.01. The summed E-state index contributed by atoms with van der Waals surface area (Å²) in [5, 5.41) is 12.1. The van der Waals surface area contributed by atoms with E-state index in [-0.39, 0.29) is 11.7 Å². The van der Waals surface area contributed by atoms with Crippen molar-refractivity contribution in [3.63, 3.8) is 0 Å².